The predicted octanol–water partition coefficient (Wildman–Crippen LogP) is 6.41. The first kappa shape index (κ1) is 27.8. The summed E-state index contributed by atoms with van der Waals surface area (Å²) < 4.78 is 16.5. The van der Waals surface area contributed by atoms with Crippen molar-refractivity contribution in [3.05, 3.63) is 89.0 Å². The molecule has 1 amide bonds. The summed E-state index contributed by atoms with van der Waals surface area (Å²) in [7, 11) is 2.99. The van der Waals surface area contributed by atoms with Gasteiger partial charge in [-0.3, -0.25) is 14.5 Å². The third-order valence-electron chi connectivity index (χ3n) is 6.69. The molecule has 1 atom stereocenters. The monoisotopic (exact) mass is 529 g/mol. The van der Waals surface area contributed by atoms with E-state index in [9.17, 15) is 14.7 Å². The average molecular weight is 530 g/mol. The Kier molecular flexibility index (Phi) is 7.72. The normalized spacial score (nSPS) is 17.0. The summed E-state index contributed by atoms with van der Waals surface area (Å²) in [5, 5.41) is 11.5. The fourth-order valence-electron chi connectivity index (χ4n) is 4.68. The quantitative estimate of drug-likeness (QED) is 0.216. The highest BCUT2D eigenvalue weighted by atomic mass is 16.5. The first-order valence-corrected chi connectivity index (χ1v) is 12.9. The van der Waals surface area contributed by atoms with Crippen LogP contribution in [0.15, 0.2) is 72.3 Å². The Labute approximate surface area is 229 Å². The number of carbonyl (C=O) groups is 2. The number of aliphatic hydroxyl groups excluding tert-OH is 1. The molecule has 0 saturated carbocycles. The maximum Gasteiger partial charge on any atom is 0.300 e. The lowest BCUT2D eigenvalue weighted by Gasteiger charge is -2.27. The number of hydrogen-bond acceptors (Lipinski definition) is 6. The lowest BCUT2D eigenvalue weighted by atomic mass is 9.87. The van der Waals surface area contributed by atoms with Crippen LogP contribution >= 0.6 is 0 Å². The van der Waals surface area contributed by atoms with Crippen molar-refractivity contribution >= 4 is 23.1 Å². The number of carbonyl (C=O) groups excluding carboxylic acids is 2. The van der Waals surface area contributed by atoms with Gasteiger partial charge in [-0.2, -0.15) is 0 Å². The molecule has 0 spiro atoms. The minimum Gasteiger partial charge on any atom is -0.507 e. The molecule has 0 aromatic heterocycles. The molecule has 39 heavy (non-hydrogen) atoms. The molecular formula is C32H35NO6. The molecule has 0 aliphatic carbocycles. The Bertz CT molecular complexity index is 1400. The van der Waals surface area contributed by atoms with Gasteiger partial charge in [0.05, 0.1) is 37.5 Å². The van der Waals surface area contributed by atoms with Gasteiger partial charge in [-0.05, 0) is 66.8 Å². The van der Waals surface area contributed by atoms with Crippen LogP contribution in [-0.4, -0.2) is 37.1 Å². The number of rotatable bonds is 7. The second kappa shape index (κ2) is 10.8. The number of ketones is 1. The second-order valence-corrected chi connectivity index (χ2v) is 10.8. The summed E-state index contributed by atoms with van der Waals surface area (Å²) in [5.41, 5.74) is 2.48. The second-order valence-electron chi connectivity index (χ2n) is 10.8. The summed E-state index contributed by atoms with van der Waals surface area (Å²) in [5.74, 6) is -0.323. The van der Waals surface area contributed by atoms with Crippen LogP contribution in [0.3, 0.4) is 0 Å². The van der Waals surface area contributed by atoms with Crippen LogP contribution < -0.4 is 19.1 Å². The van der Waals surface area contributed by atoms with Crippen molar-refractivity contribution in [1.29, 1.82) is 0 Å². The summed E-state index contributed by atoms with van der Waals surface area (Å²) in [6.07, 6.45) is -0.00893. The van der Waals surface area contributed by atoms with E-state index in [0.29, 0.717) is 28.5 Å². The van der Waals surface area contributed by atoms with Crippen molar-refractivity contribution in [2.45, 2.75) is 52.2 Å². The van der Waals surface area contributed by atoms with Gasteiger partial charge in [0.2, 0.25) is 0 Å². The topological polar surface area (TPSA) is 85.3 Å². The van der Waals surface area contributed by atoms with Crippen molar-refractivity contribution < 1.29 is 28.9 Å². The lowest BCUT2D eigenvalue weighted by molar-refractivity contribution is -0.132. The van der Waals surface area contributed by atoms with E-state index in [2.05, 4.69) is 20.8 Å². The molecule has 7 nitrogen and oxygen atoms in total. The molecule has 1 saturated heterocycles. The molecule has 204 valence electrons. The van der Waals surface area contributed by atoms with Crippen molar-refractivity contribution in [1.82, 2.24) is 0 Å². The number of Topliss-reactive ketones (excluding diaryl/α,β-unsaturated/α-hetero) is 1. The van der Waals surface area contributed by atoms with E-state index >= 15 is 0 Å². The summed E-state index contributed by atoms with van der Waals surface area (Å²) in [4.78, 5) is 28.5. The number of methoxy groups -OCH3 is 2. The molecule has 4 rings (SSSR count). The van der Waals surface area contributed by atoms with E-state index in [1.165, 1.54) is 19.1 Å². The Morgan fingerprint density at radius 3 is 2.03 bits per heavy atom. The third kappa shape index (κ3) is 5.48. The molecule has 1 heterocycles. The fraction of sp³-hybridized carbons (Fsp3) is 0.312. The number of aliphatic hydroxyl groups is 1. The molecular weight excluding hydrogens is 494 g/mol. The van der Waals surface area contributed by atoms with Crippen LogP contribution in [0.25, 0.3) is 5.76 Å². The van der Waals surface area contributed by atoms with Gasteiger partial charge in [0, 0.05) is 11.8 Å². The maximum absolute atomic E-state index is 13.5. The number of ether oxygens (including phenoxy) is 3. The molecule has 3 aromatic rings. The Balaban J connectivity index is 1.91. The fourth-order valence-corrected chi connectivity index (χ4v) is 4.68. The van der Waals surface area contributed by atoms with Gasteiger partial charge in [-0.1, -0.05) is 45.0 Å². The van der Waals surface area contributed by atoms with Crippen molar-refractivity contribution in [2.75, 3.05) is 19.1 Å². The molecule has 1 aliphatic rings. The largest absolute Gasteiger partial charge is 0.507 e. The van der Waals surface area contributed by atoms with Crippen LogP contribution in [-0.2, 0) is 15.0 Å². The molecule has 1 N–H and O–H groups in total. The SMILES string of the molecule is COc1ccc(/C(O)=C2/C(=O)C(=O)N(c3ccc(C(C)(C)C)cc3)C2c2ccc(OC(C)C)cc2)c(OC)c1. The lowest BCUT2D eigenvalue weighted by Crippen LogP contribution is -2.29. The highest BCUT2D eigenvalue weighted by molar-refractivity contribution is 6.51. The van der Waals surface area contributed by atoms with Crippen LogP contribution in [0.4, 0.5) is 5.69 Å². The van der Waals surface area contributed by atoms with Gasteiger partial charge < -0.3 is 19.3 Å². The van der Waals surface area contributed by atoms with Crippen LogP contribution in [0, 0.1) is 0 Å². The Morgan fingerprint density at radius 1 is 0.872 bits per heavy atom. The molecule has 7 heteroatoms. The van der Waals surface area contributed by atoms with E-state index in [0.717, 1.165) is 5.56 Å². The number of amides is 1. The van der Waals surface area contributed by atoms with Crippen LogP contribution in [0.5, 0.6) is 17.2 Å². The van der Waals surface area contributed by atoms with E-state index in [1.54, 1.807) is 30.3 Å². The van der Waals surface area contributed by atoms with Gasteiger partial charge in [0.15, 0.2) is 0 Å². The summed E-state index contributed by atoms with van der Waals surface area (Å²) in [6, 6.07) is 18.8. The van der Waals surface area contributed by atoms with Crippen molar-refractivity contribution in [2.24, 2.45) is 0 Å². The zero-order chi connectivity index (χ0) is 28.5. The number of nitrogens with zero attached hydrogens (tertiary/aromatic N) is 1. The minimum atomic E-state index is -0.870. The van der Waals surface area contributed by atoms with Gasteiger partial charge >= 0.3 is 0 Å². The average Bonchev–Trinajstić information content (AvgIpc) is 3.17. The van der Waals surface area contributed by atoms with Crippen molar-refractivity contribution in [3.8, 4) is 17.2 Å². The summed E-state index contributed by atoms with van der Waals surface area (Å²) >= 11 is 0. The van der Waals surface area contributed by atoms with E-state index < -0.39 is 17.7 Å². The number of benzene rings is 3. The third-order valence-corrected chi connectivity index (χ3v) is 6.69. The molecule has 3 aromatic carbocycles. The first-order chi connectivity index (χ1) is 18.5. The first-order valence-electron chi connectivity index (χ1n) is 12.9. The number of hydrogen-bond donors (Lipinski definition) is 1. The molecule has 1 aliphatic heterocycles. The maximum atomic E-state index is 13.5. The van der Waals surface area contributed by atoms with Gasteiger partial charge in [0.25, 0.3) is 11.7 Å². The van der Waals surface area contributed by atoms with Gasteiger partial charge in [-0.25, -0.2) is 0 Å². The van der Waals surface area contributed by atoms with E-state index in [1.807, 2.05) is 50.2 Å². The highest BCUT2D eigenvalue weighted by Gasteiger charge is 2.47. The predicted molar refractivity (Wildman–Crippen MR) is 152 cm³/mol. The Hall–Kier alpha value is -4.26. The van der Waals surface area contributed by atoms with Crippen LogP contribution in [0.1, 0.15) is 57.4 Å². The zero-order valence-electron chi connectivity index (χ0n) is 23.4. The number of anilines is 1. The smallest absolute Gasteiger partial charge is 0.300 e. The van der Waals surface area contributed by atoms with E-state index in [4.69, 9.17) is 14.2 Å². The van der Waals surface area contributed by atoms with Gasteiger partial charge in [-0.15, -0.1) is 0 Å². The zero-order valence-corrected chi connectivity index (χ0v) is 23.4. The van der Waals surface area contributed by atoms with Gasteiger partial charge in [0.1, 0.15) is 23.0 Å². The van der Waals surface area contributed by atoms with E-state index in [-0.39, 0.29) is 28.4 Å². The Morgan fingerprint density at radius 2 is 1.49 bits per heavy atom. The minimum absolute atomic E-state index is 0.00893. The highest BCUT2D eigenvalue weighted by Crippen LogP contribution is 2.44. The van der Waals surface area contributed by atoms with Crippen LogP contribution in [0.2, 0.25) is 0 Å². The molecule has 1 unspecified atom stereocenters. The standard InChI is InChI=1S/C32H35NO6/c1-19(2)39-23-14-8-20(9-15-23)28-27(29(34)25-17-16-24(37-6)18-26(25)38-7)30(35)31(36)33(28)22-12-10-21(11-13-22)32(3,4)5/h8-19,28,34H,1-7H3/b29-27-. The molecule has 0 radical (unpaired) electrons. The van der Waals surface area contributed by atoms with Crippen molar-refractivity contribution in [3.63, 3.8) is 0 Å². The molecule has 1 fully saturated rings. The summed E-state index contributed by atoms with van der Waals surface area (Å²) in [6.45, 7) is 10.2. The molecule has 0 bridgehead atoms.